The van der Waals surface area contributed by atoms with E-state index >= 15 is 0 Å². The summed E-state index contributed by atoms with van der Waals surface area (Å²) >= 11 is 0. The molecule has 2 rings (SSSR count). The average Bonchev–Trinajstić information content (AvgIpc) is 2.77. The van der Waals surface area contributed by atoms with Crippen LogP contribution in [0.1, 0.15) is 50.8 Å². The maximum Gasteiger partial charge on any atom is 0.242 e. The number of amides is 2. The Morgan fingerprint density at radius 1 is 0.969 bits per heavy atom. The molecule has 6 heteroatoms. The molecule has 0 aromatic heterocycles. The van der Waals surface area contributed by atoms with Crippen molar-refractivity contribution in [3.05, 3.63) is 59.2 Å². The second kappa shape index (κ2) is 12.7. The van der Waals surface area contributed by atoms with Crippen LogP contribution < -0.4 is 14.8 Å². The third kappa shape index (κ3) is 7.29. The average molecular weight is 441 g/mol. The number of carbonyl (C=O) groups excluding carboxylic acids is 2. The van der Waals surface area contributed by atoms with Gasteiger partial charge in [-0.3, -0.25) is 9.59 Å². The number of aryl methyl sites for hydroxylation is 2. The van der Waals surface area contributed by atoms with Crippen molar-refractivity contribution in [3.63, 3.8) is 0 Å². The Morgan fingerprint density at radius 3 is 2.34 bits per heavy atom. The Kier molecular flexibility index (Phi) is 10.1. The smallest absolute Gasteiger partial charge is 0.242 e. The van der Waals surface area contributed by atoms with E-state index in [1.54, 1.807) is 11.8 Å². The van der Waals surface area contributed by atoms with Crippen LogP contribution in [0.15, 0.2) is 42.5 Å². The van der Waals surface area contributed by atoms with Gasteiger partial charge in [-0.15, -0.1) is 0 Å². The summed E-state index contributed by atoms with van der Waals surface area (Å²) in [5.74, 6) is 1.19. The van der Waals surface area contributed by atoms with Crippen LogP contribution in [0.5, 0.6) is 11.5 Å². The van der Waals surface area contributed by atoms with Crippen LogP contribution in [-0.4, -0.2) is 42.5 Å². The Morgan fingerprint density at radius 2 is 1.69 bits per heavy atom. The molecule has 0 aliphatic rings. The summed E-state index contributed by atoms with van der Waals surface area (Å²) in [6.45, 7) is 11.6. The van der Waals surface area contributed by atoms with Gasteiger partial charge in [-0.25, -0.2) is 0 Å². The number of carbonyl (C=O) groups is 2. The Labute approximate surface area is 191 Å². The highest BCUT2D eigenvalue weighted by Crippen LogP contribution is 2.29. The van der Waals surface area contributed by atoms with Crippen molar-refractivity contribution in [2.45, 2.75) is 60.0 Å². The lowest BCUT2D eigenvalue weighted by molar-refractivity contribution is -0.140. The summed E-state index contributed by atoms with van der Waals surface area (Å²) in [5.41, 5.74) is 3.12. The van der Waals surface area contributed by atoms with Crippen LogP contribution in [0.4, 0.5) is 0 Å². The molecule has 0 aliphatic carbocycles. The van der Waals surface area contributed by atoms with E-state index in [-0.39, 0.29) is 11.8 Å². The minimum atomic E-state index is -0.553. The van der Waals surface area contributed by atoms with E-state index in [4.69, 9.17) is 9.47 Å². The number of nitrogens with one attached hydrogen (secondary N) is 1. The molecule has 0 spiro atoms. The summed E-state index contributed by atoms with van der Waals surface area (Å²) in [5, 5.41) is 2.83. The van der Waals surface area contributed by atoms with E-state index in [1.165, 1.54) is 0 Å². The molecule has 32 heavy (non-hydrogen) atoms. The van der Waals surface area contributed by atoms with Gasteiger partial charge in [-0.1, -0.05) is 35.9 Å². The number of hydrogen-bond acceptors (Lipinski definition) is 4. The van der Waals surface area contributed by atoms with Crippen LogP contribution in [0, 0.1) is 6.92 Å². The summed E-state index contributed by atoms with van der Waals surface area (Å²) in [4.78, 5) is 27.4. The fourth-order valence-electron chi connectivity index (χ4n) is 3.56. The first-order valence-corrected chi connectivity index (χ1v) is 11.4. The number of rotatable bonds is 12. The zero-order valence-electron chi connectivity index (χ0n) is 19.9. The van der Waals surface area contributed by atoms with Gasteiger partial charge >= 0.3 is 0 Å². The lowest BCUT2D eigenvalue weighted by Crippen LogP contribution is -2.47. The number of nitrogens with zero attached hydrogens (tertiary/aromatic N) is 1. The molecule has 0 heterocycles. The monoisotopic (exact) mass is 440 g/mol. The molecule has 2 aromatic rings. The standard InChI is InChI=1S/C26H36N2O4/c1-6-27-26(30)20(5)28(18-22-11-9-10-19(4)16-22)25(29)15-13-21-12-14-23(31-7-2)24(17-21)32-8-3/h9-12,14,16-17,20H,6-8,13,15,18H2,1-5H3,(H,27,30). The Bertz CT molecular complexity index is 897. The fourth-order valence-corrected chi connectivity index (χ4v) is 3.56. The Hall–Kier alpha value is -3.02. The fraction of sp³-hybridized carbons (Fsp3) is 0.462. The molecule has 1 N–H and O–H groups in total. The van der Waals surface area contributed by atoms with Crippen molar-refractivity contribution in [3.8, 4) is 11.5 Å². The zero-order chi connectivity index (χ0) is 23.5. The molecular weight excluding hydrogens is 404 g/mol. The first kappa shape index (κ1) is 25.2. The quantitative estimate of drug-likeness (QED) is 0.535. The van der Waals surface area contributed by atoms with Crippen molar-refractivity contribution in [2.75, 3.05) is 19.8 Å². The highest BCUT2D eigenvalue weighted by molar-refractivity contribution is 5.87. The molecule has 1 atom stereocenters. The van der Waals surface area contributed by atoms with Gasteiger partial charge in [-0.2, -0.15) is 0 Å². The van der Waals surface area contributed by atoms with Gasteiger partial charge in [0.1, 0.15) is 6.04 Å². The maximum absolute atomic E-state index is 13.2. The number of benzene rings is 2. The third-order valence-electron chi connectivity index (χ3n) is 5.19. The molecule has 0 saturated carbocycles. The highest BCUT2D eigenvalue weighted by Gasteiger charge is 2.25. The first-order valence-electron chi connectivity index (χ1n) is 11.4. The van der Waals surface area contributed by atoms with Crippen LogP contribution in [0.2, 0.25) is 0 Å². The highest BCUT2D eigenvalue weighted by atomic mass is 16.5. The van der Waals surface area contributed by atoms with Crippen molar-refractivity contribution in [2.24, 2.45) is 0 Å². The zero-order valence-corrected chi connectivity index (χ0v) is 19.9. The molecule has 0 bridgehead atoms. The Balaban J connectivity index is 2.16. The van der Waals surface area contributed by atoms with Gasteiger partial charge in [0.2, 0.25) is 11.8 Å². The molecule has 1 unspecified atom stereocenters. The number of likely N-dealkylation sites (N-methyl/N-ethyl adjacent to an activating group) is 1. The van der Waals surface area contributed by atoms with Crippen LogP contribution in [-0.2, 0) is 22.6 Å². The van der Waals surface area contributed by atoms with Crippen LogP contribution in [0.3, 0.4) is 0 Å². The third-order valence-corrected chi connectivity index (χ3v) is 5.19. The molecule has 0 fully saturated rings. The summed E-state index contributed by atoms with van der Waals surface area (Å²) in [6, 6.07) is 13.2. The SMILES string of the molecule is CCNC(=O)C(C)N(Cc1cccc(C)c1)C(=O)CCc1ccc(OCC)c(OCC)c1. The van der Waals surface area contributed by atoms with Gasteiger partial charge in [0.15, 0.2) is 11.5 Å². The molecule has 0 saturated heterocycles. The van der Waals surface area contributed by atoms with E-state index in [1.807, 2.05) is 70.2 Å². The van der Waals surface area contributed by atoms with Crippen molar-refractivity contribution in [1.82, 2.24) is 10.2 Å². The van der Waals surface area contributed by atoms with Gasteiger partial charge < -0.3 is 19.7 Å². The van der Waals surface area contributed by atoms with Crippen molar-refractivity contribution < 1.29 is 19.1 Å². The summed E-state index contributed by atoms with van der Waals surface area (Å²) < 4.78 is 11.3. The molecule has 0 aliphatic heterocycles. The second-order valence-electron chi connectivity index (χ2n) is 7.73. The normalized spacial score (nSPS) is 11.5. The summed E-state index contributed by atoms with van der Waals surface area (Å²) in [7, 11) is 0. The maximum atomic E-state index is 13.2. The van der Waals surface area contributed by atoms with Gasteiger partial charge in [0.05, 0.1) is 13.2 Å². The van der Waals surface area contributed by atoms with Crippen molar-refractivity contribution in [1.29, 1.82) is 0 Å². The van der Waals surface area contributed by atoms with E-state index in [0.717, 1.165) is 16.7 Å². The van der Waals surface area contributed by atoms with E-state index in [0.29, 0.717) is 50.6 Å². The van der Waals surface area contributed by atoms with E-state index in [9.17, 15) is 9.59 Å². The minimum absolute atomic E-state index is 0.0582. The molecule has 2 aromatic carbocycles. The van der Waals surface area contributed by atoms with Crippen LogP contribution in [0.25, 0.3) is 0 Å². The molecule has 2 amide bonds. The van der Waals surface area contributed by atoms with Crippen molar-refractivity contribution >= 4 is 11.8 Å². The largest absolute Gasteiger partial charge is 0.490 e. The molecule has 6 nitrogen and oxygen atoms in total. The lowest BCUT2D eigenvalue weighted by Gasteiger charge is -2.29. The summed E-state index contributed by atoms with van der Waals surface area (Å²) in [6.07, 6.45) is 0.854. The molecule has 0 radical (unpaired) electrons. The van der Waals surface area contributed by atoms with E-state index < -0.39 is 6.04 Å². The number of ether oxygens (including phenoxy) is 2. The van der Waals surface area contributed by atoms with Gasteiger partial charge in [0, 0.05) is 19.5 Å². The molecule has 174 valence electrons. The topological polar surface area (TPSA) is 67.9 Å². The second-order valence-corrected chi connectivity index (χ2v) is 7.73. The number of hydrogen-bond donors (Lipinski definition) is 1. The van der Waals surface area contributed by atoms with Crippen LogP contribution >= 0.6 is 0 Å². The van der Waals surface area contributed by atoms with Gasteiger partial charge in [-0.05, 0) is 64.3 Å². The lowest BCUT2D eigenvalue weighted by atomic mass is 10.1. The minimum Gasteiger partial charge on any atom is -0.490 e. The van der Waals surface area contributed by atoms with E-state index in [2.05, 4.69) is 5.32 Å². The molecular formula is C26H36N2O4. The first-order chi connectivity index (χ1) is 15.4. The predicted octanol–water partition coefficient (Wildman–Crippen LogP) is 4.28. The van der Waals surface area contributed by atoms with Gasteiger partial charge in [0.25, 0.3) is 0 Å². The predicted molar refractivity (Wildman–Crippen MR) is 127 cm³/mol.